The zero-order valence-corrected chi connectivity index (χ0v) is 13.2. The van der Waals surface area contributed by atoms with Crippen LogP contribution in [0, 0.1) is 0 Å². The van der Waals surface area contributed by atoms with Gasteiger partial charge in [0.25, 0.3) is 0 Å². The number of rotatable bonds is 5. The van der Waals surface area contributed by atoms with Gasteiger partial charge < -0.3 is 9.47 Å². The van der Waals surface area contributed by atoms with E-state index in [1.165, 1.54) is 0 Å². The zero-order valence-electron chi connectivity index (χ0n) is 13.2. The Hall–Kier alpha value is -2.46. The molecule has 1 aliphatic rings. The van der Waals surface area contributed by atoms with Crippen molar-refractivity contribution in [1.29, 1.82) is 0 Å². The van der Waals surface area contributed by atoms with E-state index in [9.17, 15) is 9.59 Å². The zero-order chi connectivity index (χ0) is 16.4. The monoisotopic (exact) mass is 310 g/mol. The number of methoxy groups -OCH3 is 1. The minimum Gasteiger partial charge on any atom is -0.497 e. The number of fused-ring (bicyclic) bond motifs is 1. The lowest BCUT2D eigenvalue weighted by molar-refractivity contribution is -0.0123. The van der Waals surface area contributed by atoms with Crippen molar-refractivity contribution in [2.45, 2.75) is 18.9 Å². The fourth-order valence-corrected chi connectivity index (χ4v) is 2.92. The third-order valence-corrected chi connectivity index (χ3v) is 4.08. The number of ketones is 2. The van der Waals surface area contributed by atoms with Gasteiger partial charge in [0.15, 0.2) is 0 Å². The molecule has 0 N–H and O–H groups in total. The largest absolute Gasteiger partial charge is 0.497 e. The summed E-state index contributed by atoms with van der Waals surface area (Å²) < 4.78 is 11.0. The fraction of sp³-hybridized carbons (Fsp3) is 0.263. The Labute approximate surface area is 135 Å². The quantitative estimate of drug-likeness (QED) is 0.794. The number of carbonyl (C=O) groups excluding carboxylic acids is 2. The number of Topliss-reactive ketones (excluding diaryl/α,β-unsaturated/α-hetero) is 2. The van der Waals surface area contributed by atoms with Crippen molar-refractivity contribution in [1.82, 2.24) is 0 Å². The van der Waals surface area contributed by atoms with E-state index in [0.717, 1.165) is 6.42 Å². The molecule has 0 atom stereocenters. The van der Waals surface area contributed by atoms with Crippen molar-refractivity contribution >= 4 is 11.6 Å². The molecular weight excluding hydrogens is 292 g/mol. The Morgan fingerprint density at radius 2 is 1.48 bits per heavy atom. The minimum atomic E-state index is -1.58. The molecule has 0 saturated heterocycles. The summed E-state index contributed by atoms with van der Waals surface area (Å²) in [6, 6.07) is 13.8. The van der Waals surface area contributed by atoms with Crippen LogP contribution in [0.3, 0.4) is 0 Å². The van der Waals surface area contributed by atoms with Gasteiger partial charge >= 0.3 is 0 Å². The second-order valence-corrected chi connectivity index (χ2v) is 5.46. The highest BCUT2D eigenvalue weighted by atomic mass is 16.5. The van der Waals surface area contributed by atoms with E-state index in [-0.39, 0.29) is 11.6 Å². The first kappa shape index (κ1) is 15.4. The van der Waals surface area contributed by atoms with Crippen LogP contribution in [0.15, 0.2) is 48.5 Å². The molecular formula is C19H18O4. The molecule has 1 aliphatic carbocycles. The van der Waals surface area contributed by atoms with Crippen molar-refractivity contribution in [3.63, 3.8) is 0 Å². The van der Waals surface area contributed by atoms with Gasteiger partial charge in [-0.1, -0.05) is 43.3 Å². The smallest absolute Gasteiger partial charge is 0.219 e. The topological polar surface area (TPSA) is 52.6 Å². The van der Waals surface area contributed by atoms with Crippen LogP contribution >= 0.6 is 0 Å². The minimum absolute atomic E-state index is 0.295. The van der Waals surface area contributed by atoms with Crippen LogP contribution in [-0.2, 0) is 10.3 Å². The van der Waals surface area contributed by atoms with Gasteiger partial charge in [-0.05, 0) is 24.1 Å². The molecule has 3 rings (SSSR count). The highest BCUT2D eigenvalue weighted by Crippen LogP contribution is 2.41. The van der Waals surface area contributed by atoms with Crippen molar-refractivity contribution in [3.8, 4) is 5.75 Å². The molecule has 0 radical (unpaired) electrons. The lowest BCUT2D eigenvalue weighted by Gasteiger charge is -2.26. The average molecular weight is 310 g/mol. The summed E-state index contributed by atoms with van der Waals surface area (Å²) >= 11 is 0. The molecule has 4 nitrogen and oxygen atoms in total. The molecule has 0 amide bonds. The summed E-state index contributed by atoms with van der Waals surface area (Å²) in [4.78, 5) is 26.0. The Balaban J connectivity index is 2.15. The highest BCUT2D eigenvalue weighted by molar-refractivity contribution is 6.32. The maximum absolute atomic E-state index is 13.0. The van der Waals surface area contributed by atoms with E-state index in [1.807, 2.05) is 6.92 Å². The van der Waals surface area contributed by atoms with Crippen molar-refractivity contribution < 1.29 is 19.1 Å². The molecule has 0 heterocycles. The first-order chi connectivity index (χ1) is 11.1. The summed E-state index contributed by atoms with van der Waals surface area (Å²) in [7, 11) is 1.57. The van der Waals surface area contributed by atoms with Crippen LogP contribution in [0.1, 0.15) is 39.6 Å². The number of ether oxygens (including phenoxy) is 2. The lowest BCUT2D eigenvalue weighted by atomic mass is 9.88. The van der Waals surface area contributed by atoms with Crippen molar-refractivity contribution in [2.24, 2.45) is 0 Å². The SMILES string of the molecule is CCCOC1(c2ccc(OC)cc2)C(=O)c2ccccc2C1=O. The van der Waals surface area contributed by atoms with Crippen molar-refractivity contribution in [2.75, 3.05) is 13.7 Å². The van der Waals surface area contributed by atoms with E-state index >= 15 is 0 Å². The van der Waals surface area contributed by atoms with Crippen LogP contribution in [0.4, 0.5) is 0 Å². The Morgan fingerprint density at radius 3 is 1.96 bits per heavy atom. The summed E-state index contributed by atoms with van der Waals surface area (Å²) in [5.41, 5.74) is -0.196. The molecule has 0 aromatic heterocycles. The van der Waals surface area contributed by atoms with Gasteiger partial charge in [0, 0.05) is 17.7 Å². The van der Waals surface area contributed by atoms with Gasteiger partial charge in [-0.3, -0.25) is 9.59 Å². The maximum Gasteiger partial charge on any atom is 0.219 e. The number of hydrogen-bond acceptors (Lipinski definition) is 4. The number of carbonyl (C=O) groups is 2. The Morgan fingerprint density at radius 1 is 0.913 bits per heavy atom. The predicted octanol–water partition coefficient (Wildman–Crippen LogP) is 3.40. The van der Waals surface area contributed by atoms with Gasteiger partial charge in [-0.2, -0.15) is 0 Å². The predicted molar refractivity (Wildman–Crippen MR) is 86.0 cm³/mol. The molecule has 2 aromatic rings. The molecule has 118 valence electrons. The molecule has 0 fully saturated rings. The van der Waals surface area contributed by atoms with Crippen LogP contribution in [0.25, 0.3) is 0 Å². The molecule has 0 spiro atoms. The van der Waals surface area contributed by atoms with Crippen LogP contribution in [-0.4, -0.2) is 25.3 Å². The summed E-state index contributed by atoms with van der Waals surface area (Å²) in [6.07, 6.45) is 0.717. The normalized spacial score (nSPS) is 15.6. The Kier molecular flexibility index (Phi) is 4.01. The molecule has 0 saturated carbocycles. The molecule has 23 heavy (non-hydrogen) atoms. The van der Waals surface area contributed by atoms with E-state index in [4.69, 9.17) is 9.47 Å². The lowest BCUT2D eigenvalue weighted by Crippen LogP contribution is -2.41. The summed E-state index contributed by atoms with van der Waals surface area (Å²) in [5.74, 6) is 0.0724. The molecule has 2 aromatic carbocycles. The highest BCUT2D eigenvalue weighted by Gasteiger charge is 2.55. The molecule has 0 bridgehead atoms. The van der Waals surface area contributed by atoms with E-state index in [1.54, 1.807) is 55.6 Å². The van der Waals surface area contributed by atoms with Crippen LogP contribution in [0.5, 0.6) is 5.75 Å². The van der Waals surface area contributed by atoms with E-state index < -0.39 is 5.60 Å². The Bertz CT molecular complexity index is 711. The third kappa shape index (κ3) is 2.26. The maximum atomic E-state index is 13.0. The second-order valence-electron chi connectivity index (χ2n) is 5.46. The fourth-order valence-electron chi connectivity index (χ4n) is 2.92. The molecule has 0 aliphatic heterocycles. The number of hydrogen-bond donors (Lipinski definition) is 0. The summed E-state index contributed by atoms with van der Waals surface area (Å²) in [5, 5.41) is 0. The van der Waals surface area contributed by atoms with Gasteiger partial charge in [0.1, 0.15) is 5.75 Å². The van der Waals surface area contributed by atoms with E-state index in [2.05, 4.69) is 0 Å². The van der Waals surface area contributed by atoms with E-state index in [0.29, 0.717) is 29.0 Å². The second kappa shape index (κ2) is 5.97. The van der Waals surface area contributed by atoms with Crippen molar-refractivity contribution in [3.05, 3.63) is 65.2 Å². The summed E-state index contributed by atoms with van der Waals surface area (Å²) in [6.45, 7) is 2.27. The molecule has 4 heteroatoms. The number of benzene rings is 2. The van der Waals surface area contributed by atoms with Crippen LogP contribution in [0.2, 0.25) is 0 Å². The van der Waals surface area contributed by atoms with Gasteiger partial charge in [0.05, 0.1) is 7.11 Å². The first-order valence-electron chi connectivity index (χ1n) is 7.62. The van der Waals surface area contributed by atoms with Gasteiger partial charge in [-0.25, -0.2) is 0 Å². The average Bonchev–Trinajstić information content (AvgIpc) is 2.82. The third-order valence-electron chi connectivity index (χ3n) is 4.08. The van der Waals surface area contributed by atoms with Gasteiger partial charge in [0.2, 0.25) is 17.2 Å². The standard InChI is InChI=1S/C19H18O4/c1-3-12-23-19(13-8-10-14(22-2)11-9-13)17(20)15-6-4-5-7-16(15)18(19)21/h4-11H,3,12H2,1-2H3. The van der Waals surface area contributed by atoms with Gasteiger partial charge in [-0.15, -0.1) is 0 Å². The van der Waals surface area contributed by atoms with Crippen LogP contribution < -0.4 is 4.74 Å². The molecule has 0 unspecified atom stereocenters. The first-order valence-corrected chi connectivity index (χ1v) is 7.62.